The molecule has 0 spiro atoms. The van der Waals surface area contributed by atoms with Crippen LogP contribution in [0.1, 0.15) is 44.7 Å². The van der Waals surface area contributed by atoms with Crippen LogP contribution >= 0.6 is 34.8 Å². The molecule has 238 valence electrons. The summed E-state index contributed by atoms with van der Waals surface area (Å²) in [5, 5.41) is 3.03. The van der Waals surface area contributed by atoms with E-state index in [1.165, 1.54) is 30.3 Å². The van der Waals surface area contributed by atoms with E-state index in [0.717, 1.165) is 11.0 Å². The largest absolute Gasteiger partial charge is 0.416 e. The number of hydrogen-bond acceptors (Lipinski definition) is 4. The van der Waals surface area contributed by atoms with Gasteiger partial charge in [0, 0.05) is 22.6 Å². The molecule has 0 saturated carbocycles. The normalized spacial score (nSPS) is 13.2. The molecule has 0 fully saturated rings. The molecule has 0 bridgehead atoms. The molecule has 7 nitrogen and oxygen atoms in total. The van der Waals surface area contributed by atoms with Crippen LogP contribution in [0.3, 0.4) is 0 Å². The van der Waals surface area contributed by atoms with Gasteiger partial charge in [-0.1, -0.05) is 72.9 Å². The average Bonchev–Trinajstić information content (AvgIpc) is 2.96. The van der Waals surface area contributed by atoms with Crippen molar-refractivity contribution in [2.75, 3.05) is 10.8 Å². The number of halogens is 6. The number of hydrogen-bond donors (Lipinski definition) is 1. The molecular formula is C30H31Cl3F3N3O4S. The first-order chi connectivity index (χ1) is 20.6. The lowest BCUT2D eigenvalue weighted by Crippen LogP contribution is -2.53. The molecule has 0 aliphatic heterocycles. The Morgan fingerprint density at radius 1 is 0.909 bits per heavy atom. The standard InChI is InChI=1S/C30H31Cl3F3N3O4S/c1-4-19(3)37-29(41)26(5-2)38(17-20-11-13-22(31)16-25(20)33)28(40)18-39(44(42,43)23-9-7-6-8-10-23)27-15-21(30(34,35)36)12-14-24(27)32/h6-16,19,26H,4-5,17-18H2,1-3H3,(H,37,41)/t19-,26+/m1/s1. The van der Waals surface area contributed by atoms with Crippen LogP contribution in [-0.2, 0) is 32.3 Å². The van der Waals surface area contributed by atoms with E-state index < -0.39 is 51.9 Å². The van der Waals surface area contributed by atoms with Crippen molar-refractivity contribution in [2.24, 2.45) is 0 Å². The van der Waals surface area contributed by atoms with E-state index >= 15 is 0 Å². The van der Waals surface area contributed by atoms with Crippen LogP contribution in [0, 0.1) is 0 Å². The highest BCUT2D eigenvalue weighted by molar-refractivity contribution is 7.92. The number of sulfonamides is 1. The summed E-state index contributed by atoms with van der Waals surface area (Å²) in [7, 11) is -4.64. The van der Waals surface area contributed by atoms with Crippen molar-refractivity contribution in [2.45, 2.75) is 63.3 Å². The molecule has 0 aliphatic rings. The fourth-order valence-electron chi connectivity index (χ4n) is 4.31. The van der Waals surface area contributed by atoms with E-state index in [1.54, 1.807) is 32.0 Å². The summed E-state index contributed by atoms with van der Waals surface area (Å²) in [6, 6.07) is 12.4. The Bertz CT molecular complexity index is 1590. The predicted molar refractivity (Wildman–Crippen MR) is 166 cm³/mol. The summed E-state index contributed by atoms with van der Waals surface area (Å²) in [6.07, 6.45) is -4.09. The fourth-order valence-corrected chi connectivity index (χ4v) is 6.49. The molecule has 0 aromatic heterocycles. The van der Waals surface area contributed by atoms with Gasteiger partial charge in [-0.05, 0) is 67.8 Å². The monoisotopic (exact) mass is 691 g/mol. The van der Waals surface area contributed by atoms with E-state index in [9.17, 15) is 31.2 Å². The molecule has 14 heteroatoms. The van der Waals surface area contributed by atoms with Gasteiger partial charge in [0.15, 0.2) is 0 Å². The van der Waals surface area contributed by atoms with Crippen LogP contribution in [0.15, 0.2) is 71.6 Å². The maximum absolute atomic E-state index is 14.1. The van der Waals surface area contributed by atoms with Crippen molar-refractivity contribution >= 4 is 62.3 Å². The maximum Gasteiger partial charge on any atom is 0.416 e. The second-order valence-corrected chi connectivity index (χ2v) is 13.1. The molecule has 2 amide bonds. The second kappa shape index (κ2) is 14.9. The lowest BCUT2D eigenvalue weighted by molar-refractivity contribution is -0.140. The molecule has 2 atom stereocenters. The quantitative estimate of drug-likeness (QED) is 0.212. The number of alkyl halides is 3. The molecule has 3 aromatic rings. The number of carbonyl (C=O) groups is 2. The number of nitrogens with one attached hydrogen (secondary N) is 1. The summed E-state index contributed by atoms with van der Waals surface area (Å²) in [5.41, 5.74) is -1.31. The highest BCUT2D eigenvalue weighted by Gasteiger charge is 2.37. The van der Waals surface area contributed by atoms with Gasteiger partial charge in [0.25, 0.3) is 10.0 Å². The first kappa shape index (κ1) is 35.5. The van der Waals surface area contributed by atoms with Crippen LogP contribution in [0.25, 0.3) is 0 Å². The summed E-state index contributed by atoms with van der Waals surface area (Å²) < 4.78 is 69.5. The molecule has 3 aromatic carbocycles. The van der Waals surface area contributed by atoms with Gasteiger partial charge in [-0.3, -0.25) is 13.9 Å². The fraction of sp³-hybridized carbons (Fsp3) is 0.333. The van der Waals surface area contributed by atoms with Crippen molar-refractivity contribution < 1.29 is 31.2 Å². The van der Waals surface area contributed by atoms with E-state index in [1.807, 2.05) is 6.92 Å². The number of nitrogens with zero attached hydrogens (tertiary/aromatic N) is 2. The van der Waals surface area contributed by atoms with E-state index in [2.05, 4.69) is 5.32 Å². The van der Waals surface area contributed by atoms with Crippen molar-refractivity contribution in [3.63, 3.8) is 0 Å². The first-order valence-electron chi connectivity index (χ1n) is 13.6. The molecule has 0 heterocycles. The van der Waals surface area contributed by atoms with Crippen LogP contribution in [0.5, 0.6) is 0 Å². The summed E-state index contributed by atoms with van der Waals surface area (Å²) in [5.74, 6) is -1.37. The lowest BCUT2D eigenvalue weighted by atomic mass is 10.1. The Labute approximate surface area is 269 Å². The SMILES string of the molecule is CC[C@@H](C)NC(=O)[C@H](CC)N(Cc1ccc(Cl)cc1Cl)C(=O)CN(c1cc(C(F)(F)F)ccc1Cl)S(=O)(=O)c1ccccc1. The number of benzene rings is 3. The van der Waals surface area contributed by atoms with Gasteiger partial charge in [0.2, 0.25) is 11.8 Å². The van der Waals surface area contributed by atoms with Gasteiger partial charge >= 0.3 is 6.18 Å². The Balaban J connectivity index is 2.17. The average molecular weight is 693 g/mol. The summed E-state index contributed by atoms with van der Waals surface area (Å²) in [6.45, 7) is 4.13. The summed E-state index contributed by atoms with van der Waals surface area (Å²) >= 11 is 18.7. The minimum absolute atomic E-state index is 0.134. The van der Waals surface area contributed by atoms with E-state index in [-0.39, 0.29) is 33.9 Å². The van der Waals surface area contributed by atoms with Crippen molar-refractivity contribution in [1.29, 1.82) is 0 Å². The van der Waals surface area contributed by atoms with E-state index in [0.29, 0.717) is 33.4 Å². The highest BCUT2D eigenvalue weighted by atomic mass is 35.5. The summed E-state index contributed by atoms with van der Waals surface area (Å²) in [4.78, 5) is 28.4. The minimum atomic E-state index is -4.83. The molecule has 0 aliphatic carbocycles. The molecule has 1 N–H and O–H groups in total. The smallest absolute Gasteiger partial charge is 0.352 e. The molecule has 0 unspecified atom stereocenters. The van der Waals surface area contributed by atoms with Gasteiger partial charge in [-0.2, -0.15) is 13.2 Å². The minimum Gasteiger partial charge on any atom is -0.352 e. The highest BCUT2D eigenvalue weighted by Crippen LogP contribution is 2.37. The third-order valence-corrected chi connectivity index (χ3v) is 9.58. The van der Waals surface area contributed by atoms with Gasteiger partial charge in [0.05, 0.1) is 21.2 Å². The van der Waals surface area contributed by atoms with Crippen molar-refractivity contribution in [3.8, 4) is 0 Å². The van der Waals surface area contributed by atoms with Gasteiger partial charge in [0.1, 0.15) is 12.6 Å². The number of carbonyl (C=O) groups excluding carboxylic acids is 2. The zero-order valence-electron chi connectivity index (χ0n) is 24.0. The lowest BCUT2D eigenvalue weighted by Gasteiger charge is -2.34. The molecule has 44 heavy (non-hydrogen) atoms. The Morgan fingerprint density at radius 3 is 2.14 bits per heavy atom. The zero-order valence-corrected chi connectivity index (χ0v) is 27.1. The molecule has 0 radical (unpaired) electrons. The maximum atomic E-state index is 14.1. The van der Waals surface area contributed by atoms with Crippen LogP contribution < -0.4 is 9.62 Å². The third-order valence-electron chi connectivity index (χ3n) is 6.89. The number of amides is 2. The van der Waals surface area contributed by atoms with Crippen LogP contribution in [0.2, 0.25) is 15.1 Å². The van der Waals surface area contributed by atoms with E-state index in [4.69, 9.17) is 34.8 Å². The van der Waals surface area contributed by atoms with Crippen molar-refractivity contribution in [1.82, 2.24) is 10.2 Å². The number of anilines is 1. The van der Waals surface area contributed by atoms with Gasteiger partial charge in [-0.25, -0.2) is 8.42 Å². The molecule has 3 rings (SSSR count). The van der Waals surface area contributed by atoms with Crippen LogP contribution in [0.4, 0.5) is 18.9 Å². The van der Waals surface area contributed by atoms with Crippen LogP contribution in [-0.4, -0.2) is 43.8 Å². The Hall–Kier alpha value is -2.99. The topological polar surface area (TPSA) is 86.8 Å². The first-order valence-corrected chi connectivity index (χ1v) is 16.2. The number of rotatable bonds is 12. The Kier molecular flexibility index (Phi) is 12.0. The van der Waals surface area contributed by atoms with Crippen molar-refractivity contribution in [3.05, 3.63) is 92.9 Å². The molecular weight excluding hydrogens is 662 g/mol. The van der Waals surface area contributed by atoms with Gasteiger partial charge in [-0.15, -0.1) is 0 Å². The second-order valence-electron chi connectivity index (χ2n) is 9.99. The molecule has 0 saturated heterocycles. The Morgan fingerprint density at radius 2 is 1.57 bits per heavy atom. The predicted octanol–water partition coefficient (Wildman–Crippen LogP) is 7.58. The zero-order chi connectivity index (χ0) is 32.8. The van der Waals surface area contributed by atoms with Gasteiger partial charge < -0.3 is 10.2 Å². The third kappa shape index (κ3) is 8.59.